The zero-order valence-electron chi connectivity index (χ0n) is 15.1. The Labute approximate surface area is 174 Å². The van der Waals surface area contributed by atoms with Gasteiger partial charge < -0.3 is 5.11 Å². The van der Waals surface area contributed by atoms with Gasteiger partial charge in [-0.1, -0.05) is 18.2 Å². The molecule has 30 heavy (non-hydrogen) atoms. The third-order valence-corrected chi connectivity index (χ3v) is 6.00. The van der Waals surface area contributed by atoms with Gasteiger partial charge in [0.25, 0.3) is 15.7 Å². The molecule has 0 aliphatic rings. The predicted molar refractivity (Wildman–Crippen MR) is 113 cm³/mol. The number of hydrogen-bond donors (Lipinski definition) is 3. The normalized spacial score (nSPS) is 11.3. The van der Waals surface area contributed by atoms with Crippen LogP contribution in [0.2, 0.25) is 0 Å². The van der Waals surface area contributed by atoms with Gasteiger partial charge in [0.05, 0.1) is 28.1 Å². The number of aromatic carboxylic acids is 1. The molecule has 0 bridgehead atoms. The molecule has 0 fully saturated rings. The van der Waals surface area contributed by atoms with Crippen LogP contribution in [-0.2, 0) is 10.0 Å². The van der Waals surface area contributed by atoms with E-state index in [-0.39, 0.29) is 16.9 Å². The maximum Gasteiger partial charge on any atom is 0.337 e. The fraction of sp³-hybridized carbons (Fsp3) is 0. The molecular formula is C18H14N4O6S2. The number of benzene rings is 2. The second kappa shape index (κ2) is 8.71. The molecule has 0 amide bonds. The maximum atomic E-state index is 12.9. The largest absolute Gasteiger partial charge is 0.478 e. The highest BCUT2D eigenvalue weighted by molar-refractivity contribution is 7.93. The molecule has 1 heterocycles. The van der Waals surface area contributed by atoms with Gasteiger partial charge in [-0.2, -0.15) is 5.10 Å². The Morgan fingerprint density at radius 1 is 1.13 bits per heavy atom. The summed E-state index contributed by atoms with van der Waals surface area (Å²) in [7, 11) is -4.39. The number of rotatable bonds is 8. The van der Waals surface area contributed by atoms with Crippen LogP contribution >= 0.6 is 11.3 Å². The average molecular weight is 446 g/mol. The quantitative estimate of drug-likeness (QED) is 0.272. The van der Waals surface area contributed by atoms with Gasteiger partial charge in [-0.05, 0) is 29.6 Å². The van der Waals surface area contributed by atoms with Crippen molar-refractivity contribution in [3.8, 4) is 0 Å². The van der Waals surface area contributed by atoms with Crippen LogP contribution in [0, 0.1) is 10.1 Å². The van der Waals surface area contributed by atoms with Gasteiger partial charge in [0.1, 0.15) is 4.90 Å². The molecule has 0 unspecified atom stereocenters. The van der Waals surface area contributed by atoms with Gasteiger partial charge in [-0.15, -0.1) is 11.3 Å². The molecule has 2 aromatic carbocycles. The number of carbonyl (C=O) groups is 1. The summed E-state index contributed by atoms with van der Waals surface area (Å²) in [5.74, 6) is -1.33. The number of carboxylic acids is 1. The number of para-hydroxylation sites is 1. The summed E-state index contributed by atoms with van der Waals surface area (Å²) < 4.78 is 28.1. The fourth-order valence-corrected chi connectivity index (χ4v) is 4.27. The Balaban J connectivity index is 2.00. The number of sulfonamides is 1. The van der Waals surface area contributed by atoms with Crippen LogP contribution in [0.15, 0.2) is 70.0 Å². The first-order valence-corrected chi connectivity index (χ1v) is 10.6. The van der Waals surface area contributed by atoms with E-state index in [2.05, 4.69) is 15.2 Å². The van der Waals surface area contributed by atoms with E-state index in [1.165, 1.54) is 47.9 Å². The van der Waals surface area contributed by atoms with Crippen molar-refractivity contribution in [2.45, 2.75) is 4.90 Å². The van der Waals surface area contributed by atoms with Gasteiger partial charge in [-0.3, -0.25) is 20.3 Å². The van der Waals surface area contributed by atoms with Crippen LogP contribution < -0.4 is 10.1 Å². The number of nitro groups is 1. The van der Waals surface area contributed by atoms with E-state index >= 15 is 0 Å². The standard InChI is InChI=1S/C18H14N4O6S2/c23-18(24)14-5-1-2-6-15(14)21-30(27,28)17-10-12(22(25)26)7-8-16(17)20-19-11-13-4-3-9-29-13/h1-11,20-21H,(H,23,24). The molecule has 0 saturated carbocycles. The zero-order valence-corrected chi connectivity index (χ0v) is 16.7. The molecule has 0 aliphatic heterocycles. The minimum absolute atomic E-state index is 0.0197. The van der Waals surface area contributed by atoms with Gasteiger partial charge >= 0.3 is 5.97 Å². The average Bonchev–Trinajstić information content (AvgIpc) is 3.21. The lowest BCUT2D eigenvalue weighted by atomic mass is 10.2. The van der Waals surface area contributed by atoms with Crippen LogP contribution in [0.1, 0.15) is 15.2 Å². The first-order valence-electron chi connectivity index (χ1n) is 8.24. The summed E-state index contributed by atoms with van der Waals surface area (Å²) in [6.07, 6.45) is 1.47. The van der Waals surface area contributed by atoms with Crippen molar-refractivity contribution in [2.24, 2.45) is 5.10 Å². The topological polar surface area (TPSA) is 151 Å². The van der Waals surface area contributed by atoms with Crippen LogP contribution in [0.25, 0.3) is 0 Å². The number of nitrogens with one attached hydrogen (secondary N) is 2. The SMILES string of the molecule is O=C(O)c1ccccc1NS(=O)(=O)c1cc([N+](=O)[O-])ccc1NN=Cc1cccs1. The van der Waals surface area contributed by atoms with E-state index in [1.54, 1.807) is 6.07 Å². The number of anilines is 2. The highest BCUT2D eigenvalue weighted by Crippen LogP contribution is 2.29. The first kappa shape index (κ1) is 21.0. The van der Waals surface area contributed by atoms with Crippen LogP contribution in [0.4, 0.5) is 17.1 Å². The van der Waals surface area contributed by atoms with E-state index in [1.807, 2.05) is 11.4 Å². The van der Waals surface area contributed by atoms with E-state index in [0.29, 0.717) is 0 Å². The summed E-state index contributed by atoms with van der Waals surface area (Å²) in [5, 5.41) is 26.2. The molecule has 1 aromatic heterocycles. The highest BCUT2D eigenvalue weighted by atomic mass is 32.2. The summed E-state index contributed by atoms with van der Waals surface area (Å²) in [6, 6.07) is 12.2. The Morgan fingerprint density at radius 3 is 2.57 bits per heavy atom. The number of carboxylic acid groups (broad SMARTS) is 1. The smallest absolute Gasteiger partial charge is 0.337 e. The van der Waals surface area contributed by atoms with Crippen LogP contribution in [0.5, 0.6) is 0 Å². The lowest BCUT2D eigenvalue weighted by molar-refractivity contribution is -0.385. The number of non-ortho nitro benzene ring substituents is 1. The molecule has 3 rings (SSSR count). The van der Waals surface area contributed by atoms with Crippen molar-refractivity contribution in [1.82, 2.24) is 0 Å². The van der Waals surface area contributed by atoms with Crippen LogP contribution in [-0.4, -0.2) is 30.6 Å². The Bertz CT molecular complexity index is 1220. The van der Waals surface area contributed by atoms with Gasteiger partial charge in [-0.25, -0.2) is 13.2 Å². The van der Waals surface area contributed by atoms with Crippen molar-refractivity contribution in [2.75, 3.05) is 10.1 Å². The molecule has 0 spiro atoms. The van der Waals surface area contributed by atoms with Crippen molar-refractivity contribution >= 4 is 50.6 Å². The summed E-state index contributed by atoms with van der Waals surface area (Å²) in [5.41, 5.74) is 1.65. The highest BCUT2D eigenvalue weighted by Gasteiger charge is 2.24. The number of hydrogen-bond acceptors (Lipinski definition) is 8. The summed E-state index contributed by atoms with van der Waals surface area (Å²) in [4.78, 5) is 22.1. The van der Waals surface area contributed by atoms with Gasteiger partial charge in [0.2, 0.25) is 0 Å². The van der Waals surface area contributed by atoms with Crippen molar-refractivity contribution in [3.05, 3.63) is 80.5 Å². The van der Waals surface area contributed by atoms with E-state index in [9.17, 15) is 28.4 Å². The molecule has 0 atom stereocenters. The predicted octanol–water partition coefficient (Wildman–Crippen LogP) is 3.60. The second-order valence-electron chi connectivity index (χ2n) is 5.78. The van der Waals surface area contributed by atoms with Crippen molar-refractivity contribution in [3.63, 3.8) is 0 Å². The van der Waals surface area contributed by atoms with E-state index in [0.717, 1.165) is 17.0 Å². The lowest BCUT2D eigenvalue weighted by Gasteiger charge is -2.13. The molecular weight excluding hydrogens is 432 g/mol. The molecule has 10 nitrogen and oxygen atoms in total. The molecule has 0 saturated heterocycles. The number of nitro benzene ring substituents is 1. The molecule has 3 N–H and O–H groups in total. The Hall–Kier alpha value is -3.77. The van der Waals surface area contributed by atoms with Gasteiger partial charge in [0, 0.05) is 17.0 Å². The second-order valence-corrected chi connectivity index (χ2v) is 8.41. The zero-order chi connectivity index (χ0) is 21.7. The Morgan fingerprint density at radius 2 is 1.90 bits per heavy atom. The molecule has 3 aromatic rings. The molecule has 0 aliphatic carbocycles. The molecule has 0 radical (unpaired) electrons. The van der Waals surface area contributed by atoms with Crippen molar-refractivity contribution < 1.29 is 23.2 Å². The van der Waals surface area contributed by atoms with E-state index < -0.39 is 31.5 Å². The number of thiophene rings is 1. The minimum atomic E-state index is -4.39. The summed E-state index contributed by atoms with van der Waals surface area (Å²) >= 11 is 1.42. The first-order chi connectivity index (χ1) is 14.3. The molecule has 12 heteroatoms. The number of nitrogens with zero attached hydrogens (tertiary/aromatic N) is 2. The van der Waals surface area contributed by atoms with Crippen molar-refractivity contribution in [1.29, 1.82) is 0 Å². The van der Waals surface area contributed by atoms with Crippen LogP contribution in [0.3, 0.4) is 0 Å². The monoisotopic (exact) mass is 446 g/mol. The maximum absolute atomic E-state index is 12.9. The Kier molecular flexibility index (Phi) is 6.09. The summed E-state index contributed by atoms with van der Waals surface area (Å²) in [6.45, 7) is 0. The third kappa shape index (κ3) is 4.79. The van der Waals surface area contributed by atoms with Gasteiger partial charge in [0.15, 0.2) is 0 Å². The molecule has 154 valence electrons. The third-order valence-electron chi connectivity index (χ3n) is 3.79. The number of hydrazone groups is 1. The lowest BCUT2D eigenvalue weighted by Crippen LogP contribution is -2.17. The fourth-order valence-electron chi connectivity index (χ4n) is 2.43. The minimum Gasteiger partial charge on any atom is -0.478 e. The van der Waals surface area contributed by atoms with E-state index in [4.69, 9.17) is 0 Å².